The molecule has 3 unspecified atom stereocenters. The van der Waals surface area contributed by atoms with Crippen molar-refractivity contribution >= 4 is 39.5 Å². The number of unbranched alkanes of at least 4 members (excludes halogenated alkanes) is 28. The molecule has 498 valence electrons. The lowest BCUT2D eigenvalue weighted by atomic mass is 10.0. The summed E-state index contributed by atoms with van der Waals surface area (Å²) in [7, 11) is -9.89. The molecule has 0 aromatic carbocycles. The van der Waals surface area contributed by atoms with Gasteiger partial charge in [-0.1, -0.05) is 261 Å². The van der Waals surface area contributed by atoms with Gasteiger partial charge in [0.05, 0.1) is 26.4 Å². The van der Waals surface area contributed by atoms with Gasteiger partial charge in [0.2, 0.25) is 0 Å². The van der Waals surface area contributed by atoms with E-state index in [1.54, 1.807) is 0 Å². The summed E-state index contributed by atoms with van der Waals surface area (Å²) in [5.74, 6) is 0.721. The average Bonchev–Trinajstić information content (AvgIpc) is 3.47. The summed E-state index contributed by atoms with van der Waals surface area (Å²) in [6, 6.07) is 0. The normalized spacial score (nSPS) is 14.4. The van der Waals surface area contributed by atoms with Crippen LogP contribution < -0.4 is 0 Å². The van der Waals surface area contributed by atoms with Crippen molar-refractivity contribution in [1.82, 2.24) is 0 Å². The van der Waals surface area contributed by atoms with Crippen LogP contribution in [0.15, 0.2) is 0 Å². The second-order valence-electron chi connectivity index (χ2n) is 25.4. The van der Waals surface area contributed by atoms with Crippen LogP contribution in [0, 0.1) is 23.7 Å². The van der Waals surface area contributed by atoms with Crippen LogP contribution in [0.4, 0.5) is 0 Å². The second kappa shape index (κ2) is 55.2. The Morgan fingerprint density at radius 1 is 0.298 bits per heavy atom. The Morgan fingerprint density at radius 3 is 0.738 bits per heavy atom. The first-order valence-corrected chi connectivity index (χ1v) is 36.7. The van der Waals surface area contributed by atoms with Gasteiger partial charge in [0.25, 0.3) is 0 Å². The minimum atomic E-state index is -4.95. The van der Waals surface area contributed by atoms with Crippen LogP contribution >= 0.6 is 15.6 Å². The third-order valence-electron chi connectivity index (χ3n) is 14.8. The van der Waals surface area contributed by atoms with Crippen molar-refractivity contribution in [2.75, 3.05) is 39.6 Å². The zero-order chi connectivity index (χ0) is 62.5. The largest absolute Gasteiger partial charge is 0.472 e. The average molecular weight is 1240 g/mol. The predicted molar refractivity (Wildman–Crippen MR) is 335 cm³/mol. The van der Waals surface area contributed by atoms with E-state index in [9.17, 15) is 43.2 Å². The standard InChI is InChI=1S/C65H126O17P2/c1-55(2)41-33-25-17-12-10-9-11-13-20-29-37-45-62(67)75-52-61(82-65(70)48-40-32-24-23-28-36-44-58(7)8)54-80-84(73,74)78-50-59(66)49-77-83(71,72)79-53-60(51-76-63(68)46-38-30-22-16-19-27-35-43-57(5)6)81-64(69)47-39-31-21-15-14-18-26-34-42-56(3)4/h55-61,66H,9-54H2,1-8H3,(H,71,72)(H,73,74)/t59?,60-,61-/m1/s1. The first-order valence-electron chi connectivity index (χ1n) is 33.7. The molecule has 0 heterocycles. The third-order valence-corrected chi connectivity index (χ3v) is 16.7. The van der Waals surface area contributed by atoms with Crippen molar-refractivity contribution < 1.29 is 80.2 Å². The van der Waals surface area contributed by atoms with Crippen LogP contribution in [-0.2, 0) is 65.4 Å². The van der Waals surface area contributed by atoms with Gasteiger partial charge in [-0.3, -0.25) is 37.3 Å². The molecule has 0 aliphatic rings. The van der Waals surface area contributed by atoms with Gasteiger partial charge >= 0.3 is 39.5 Å². The van der Waals surface area contributed by atoms with Gasteiger partial charge in [-0.05, 0) is 49.4 Å². The zero-order valence-electron chi connectivity index (χ0n) is 54.5. The van der Waals surface area contributed by atoms with Crippen molar-refractivity contribution in [2.24, 2.45) is 23.7 Å². The molecule has 19 heteroatoms. The summed E-state index contributed by atoms with van der Waals surface area (Å²) in [5, 5.41) is 10.5. The molecule has 17 nitrogen and oxygen atoms in total. The SMILES string of the molecule is CC(C)CCCCCCCCCCCCCC(=O)OC[C@H](COP(=O)(O)OCC(O)COP(=O)(O)OC[C@@H](COC(=O)CCCCCCCCCC(C)C)OC(=O)CCCCCCCCCCC(C)C)OC(=O)CCCCCCCCC(C)C. The van der Waals surface area contributed by atoms with E-state index in [2.05, 4.69) is 55.4 Å². The second-order valence-corrected chi connectivity index (χ2v) is 28.3. The maximum atomic E-state index is 13.0. The first kappa shape index (κ1) is 82.1. The molecule has 0 amide bonds. The molecule has 0 saturated carbocycles. The molecule has 0 aromatic rings. The smallest absolute Gasteiger partial charge is 0.462 e. The molecule has 84 heavy (non-hydrogen) atoms. The Hall–Kier alpha value is -1.94. The fraction of sp³-hybridized carbons (Fsp3) is 0.938. The van der Waals surface area contributed by atoms with E-state index in [1.165, 1.54) is 109 Å². The highest BCUT2D eigenvalue weighted by Gasteiger charge is 2.30. The van der Waals surface area contributed by atoms with Gasteiger partial charge in [0.1, 0.15) is 19.3 Å². The number of esters is 4. The summed E-state index contributed by atoms with van der Waals surface area (Å²) >= 11 is 0. The van der Waals surface area contributed by atoms with E-state index in [0.29, 0.717) is 37.5 Å². The molecule has 5 atom stereocenters. The highest BCUT2D eigenvalue weighted by molar-refractivity contribution is 7.47. The quantitative estimate of drug-likeness (QED) is 0.0222. The molecule has 0 aliphatic heterocycles. The molecule has 0 spiro atoms. The molecule has 0 rings (SSSR count). The molecule has 0 saturated heterocycles. The lowest BCUT2D eigenvalue weighted by Gasteiger charge is -2.21. The summed E-state index contributed by atoms with van der Waals surface area (Å²) in [6.07, 6.45) is 35.1. The molecule has 0 radical (unpaired) electrons. The molecule has 3 N–H and O–H groups in total. The minimum absolute atomic E-state index is 0.101. The lowest BCUT2D eigenvalue weighted by Crippen LogP contribution is -2.30. The first-order chi connectivity index (χ1) is 40.1. The molecule has 0 bridgehead atoms. The number of hydrogen-bond acceptors (Lipinski definition) is 15. The summed E-state index contributed by atoms with van der Waals surface area (Å²) in [4.78, 5) is 72.2. The van der Waals surface area contributed by atoms with Crippen molar-refractivity contribution in [3.8, 4) is 0 Å². The van der Waals surface area contributed by atoms with Crippen LogP contribution in [0.3, 0.4) is 0 Å². The maximum absolute atomic E-state index is 13.0. The van der Waals surface area contributed by atoms with E-state index < -0.39 is 97.5 Å². The van der Waals surface area contributed by atoms with Crippen molar-refractivity contribution in [1.29, 1.82) is 0 Å². The van der Waals surface area contributed by atoms with Crippen LogP contribution in [0.5, 0.6) is 0 Å². The number of aliphatic hydroxyl groups is 1. The van der Waals surface area contributed by atoms with E-state index in [0.717, 1.165) is 108 Å². The van der Waals surface area contributed by atoms with Gasteiger partial charge in [-0.25, -0.2) is 9.13 Å². The Labute approximate surface area is 511 Å². The number of phosphoric acid groups is 2. The highest BCUT2D eigenvalue weighted by atomic mass is 31.2. The number of aliphatic hydroxyl groups excluding tert-OH is 1. The number of carbonyl (C=O) groups excluding carboxylic acids is 4. The molecular weight excluding hydrogens is 1110 g/mol. The Morgan fingerprint density at radius 2 is 0.500 bits per heavy atom. The van der Waals surface area contributed by atoms with Crippen molar-refractivity contribution in [2.45, 2.75) is 331 Å². The van der Waals surface area contributed by atoms with Crippen LogP contribution in [0.1, 0.15) is 312 Å². The van der Waals surface area contributed by atoms with Gasteiger partial charge < -0.3 is 33.8 Å². The van der Waals surface area contributed by atoms with Crippen molar-refractivity contribution in [3.63, 3.8) is 0 Å². The third kappa shape index (κ3) is 59.0. The fourth-order valence-electron chi connectivity index (χ4n) is 9.61. The summed E-state index contributed by atoms with van der Waals surface area (Å²) in [6.45, 7) is 13.9. The molecule has 0 fully saturated rings. The summed E-state index contributed by atoms with van der Waals surface area (Å²) in [5.41, 5.74) is 0. The van der Waals surface area contributed by atoms with E-state index in [1.807, 2.05) is 0 Å². The summed E-state index contributed by atoms with van der Waals surface area (Å²) < 4.78 is 68.0. The van der Waals surface area contributed by atoms with E-state index in [4.69, 9.17) is 37.0 Å². The number of hydrogen-bond donors (Lipinski definition) is 3. The van der Waals surface area contributed by atoms with Crippen LogP contribution in [-0.4, -0.2) is 96.7 Å². The Kier molecular flexibility index (Phi) is 53.9. The number of rotatable bonds is 62. The molecule has 0 aliphatic carbocycles. The molecular formula is C65H126O17P2. The number of phosphoric ester groups is 2. The Balaban J connectivity index is 5.22. The number of carbonyl (C=O) groups is 4. The highest BCUT2D eigenvalue weighted by Crippen LogP contribution is 2.45. The molecule has 0 aromatic heterocycles. The van der Waals surface area contributed by atoms with Crippen LogP contribution in [0.2, 0.25) is 0 Å². The van der Waals surface area contributed by atoms with Gasteiger partial charge in [0.15, 0.2) is 12.2 Å². The lowest BCUT2D eigenvalue weighted by molar-refractivity contribution is -0.161. The predicted octanol–water partition coefficient (Wildman–Crippen LogP) is 17.8. The van der Waals surface area contributed by atoms with Gasteiger partial charge in [-0.2, -0.15) is 0 Å². The van der Waals surface area contributed by atoms with Crippen LogP contribution in [0.25, 0.3) is 0 Å². The van der Waals surface area contributed by atoms with E-state index >= 15 is 0 Å². The van der Waals surface area contributed by atoms with Gasteiger partial charge in [-0.15, -0.1) is 0 Å². The van der Waals surface area contributed by atoms with Gasteiger partial charge in [0, 0.05) is 25.7 Å². The maximum Gasteiger partial charge on any atom is 0.472 e. The number of ether oxygens (including phenoxy) is 4. The zero-order valence-corrected chi connectivity index (χ0v) is 56.3. The minimum Gasteiger partial charge on any atom is -0.462 e. The fourth-order valence-corrected chi connectivity index (χ4v) is 11.2. The topological polar surface area (TPSA) is 237 Å². The van der Waals surface area contributed by atoms with E-state index in [-0.39, 0.29) is 25.7 Å². The van der Waals surface area contributed by atoms with Crippen molar-refractivity contribution in [3.05, 3.63) is 0 Å². The monoisotopic (exact) mass is 1240 g/mol. The Bertz CT molecular complexity index is 1680.